The number of aromatic nitrogens is 1. The van der Waals surface area contributed by atoms with Gasteiger partial charge < -0.3 is 117 Å². The lowest BCUT2D eigenvalue weighted by molar-refractivity contribution is -0.142. The zero-order valence-corrected chi connectivity index (χ0v) is 65.6. The number of primary amides is 1. The van der Waals surface area contributed by atoms with Gasteiger partial charge in [-0.15, -0.1) is 0 Å². The van der Waals surface area contributed by atoms with Gasteiger partial charge in [-0.25, -0.2) is 4.79 Å². The fourth-order valence-electron chi connectivity index (χ4n) is 11.7. The first-order valence-electron chi connectivity index (χ1n) is 37.2. The summed E-state index contributed by atoms with van der Waals surface area (Å²) in [7, 11) is 0. The van der Waals surface area contributed by atoms with Gasteiger partial charge in [-0.05, 0) is 101 Å². The number of carbonyl (C=O) groups excluding carboxylic acids is 14. The Labute approximate surface area is 682 Å². The maximum atomic E-state index is 15.4. The lowest BCUT2D eigenvalue weighted by Crippen LogP contribution is -2.63. The number of aliphatic carboxylic acids is 1. The van der Waals surface area contributed by atoms with Crippen LogP contribution in [0.4, 0.5) is 0 Å². The average Bonchev–Trinajstić information content (AvgIpc) is 1.61. The standard InChI is InChI=1S/C76H106N18O19S2.CH4/c1-41(79)64(100)82-37-61(99)83-58(39-114)73(109)85-50(27-15-17-29-77)65(101)89-56(35-60(80)98)70(106)87-52(31-44-19-7-4-8-20-44)67(103)86-53(32-45-21-9-5-10-22-45)68(104)88-55(34-47-36-81-49-26-14-13-25-48(47)49)69(105)84-51(28-16-18-30-78)66(102)93-62(42(2)96)74(110)90-54(33-46-23-11-6-12-24-46)71(107)94-63(43(3)97)75(111)91-57(38-95)72(108)92-59(40-115)76(112)113;/h4-14,19-26,36,41-43,50-59,62-63,81,95-97,114-115H,15-18,27-35,37-40,77-79H2,1-3H3,(H2,80,98)(H,82,100)(H,83,99)(H,84,105)(H,85,109)(H,86,103)(H,87,106)(H,88,104)(H,89,101)(H,90,110)(H,91,111)(H,92,108)(H,93,102)(H,94,107)(H,112,113);1H4. The largest absolute Gasteiger partial charge is 0.480 e. The molecule has 5 rings (SSSR count). The Morgan fingerprint density at radius 3 is 1.16 bits per heavy atom. The first-order chi connectivity index (χ1) is 54.8. The summed E-state index contributed by atoms with van der Waals surface area (Å²) in [6.45, 7) is 2.34. The van der Waals surface area contributed by atoms with Crippen LogP contribution in [-0.4, -0.2) is 243 Å². The highest BCUT2D eigenvalue weighted by Crippen LogP contribution is 2.21. The van der Waals surface area contributed by atoms with Gasteiger partial charge in [0, 0.05) is 54.3 Å². The minimum atomic E-state index is -1.91. The zero-order valence-electron chi connectivity index (χ0n) is 63.8. The number of hydrogen-bond acceptors (Lipinski definition) is 23. The van der Waals surface area contributed by atoms with Crippen LogP contribution in [0.2, 0.25) is 0 Å². The highest BCUT2D eigenvalue weighted by atomic mass is 32.1. The van der Waals surface area contributed by atoms with Gasteiger partial charge in [-0.1, -0.05) is 117 Å². The lowest BCUT2D eigenvalue weighted by Gasteiger charge is -2.29. The van der Waals surface area contributed by atoms with E-state index in [4.69, 9.17) is 22.9 Å². The molecule has 15 atom stereocenters. The van der Waals surface area contributed by atoms with Crippen LogP contribution in [0.3, 0.4) is 0 Å². The monoisotopic (exact) mass is 1650 g/mol. The van der Waals surface area contributed by atoms with Crippen molar-refractivity contribution in [3.8, 4) is 0 Å². The second kappa shape index (κ2) is 50.3. The Morgan fingerprint density at radius 2 is 0.759 bits per heavy atom. The molecule has 116 heavy (non-hydrogen) atoms. The Balaban J connectivity index is 0.0000283. The van der Waals surface area contributed by atoms with E-state index < -0.39 is 199 Å². The van der Waals surface area contributed by atoms with Crippen LogP contribution in [0.1, 0.15) is 95.4 Å². The Bertz CT molecular complexity index is 4090. The summed E-state index contributed by atoms with van der Waals surface area (Å²) in [6, 6.07) is 10.9. The van der Waals surface area contributed by atoms with Crippen molar-refractivity contribution in [2.45, 2.75) is 190 Å². The number of unbranched alkanes of at least 4 members (excludes halogenated alkanes) is 2. The predicted octanol–water partition coefficient (Wildman–Crippen LogP) is -4.81. The van der Waals surface area contributed by atoms with Crippen LogP contribution in [0.15, 0.2) is 121 Å². The molecule has 26 N–H and O–H groups in total. The summed E-state index contributed by atoms with van der Waals surface area (Å²) in [4.78, 5) is 211. The number of aliphatic hydroxyl groups is 3. The molecule has 39 heteroatoms. The third-order valence-corrected chi connectivity index (χ3v) is 18.8. The van der Waals surface area contributed by atoms with Crippen molar-refractivity contribution in [1.29, 1.82) is 0 Å². The van der Waals surface area contributed by atoms with Gasteiger partial charge in [0.2, 0.25) is 82.7 Å². The molecule has 0 bridgehead atoms. The molecule has 0 fully saturated rings. The summed E-state index contributed by atoms with van der Waals surface area (Å²) in [5.41, 5.74) is 25.4. The second-order valence-corrected chi connectivity index (χ2v) is 28.1. The van der Waals surface area contributed by atoms with Gasteiger partial charge in [-0.3, -0.25) is 67.1 Å². The predicted molar refractivity (Wildman–Crippen MR) is 434 cm³/mol. The minimum Gasteiger partial charge on any atom is -0.480 e. The first-order valence-corrected chi connectivity index (χ1v) is 38.5. The van der Waals surface area contributed by atoms with Crippen molar-refractivity contribution in [2.75, 3.05) is 37.7 Å². The number of para-hydroxylation sites is 1. The van der Waals surface area contributed by atoms with Crippen molar-refractivity contribution in [3.63, 3.8) is 0 Å². The number of rotatable bonds is 50. The number of aliphatic hydroxyl groups excluding tert-OH is 3. The minimum absolute atomic E-state index is 0. The highest BCUT2D eigenvalue weighted by Gasteiger charge is 2.39. The number of nitrogens with two attached hydrogens (primary N) is 4. The Morgan fingerprint density at radius 1 is 0.414 bits per heavy atom. The summed E-state index contributed by atoms with van der Waals surface area (Å²) in [5, 5.41) is 74.3. The van der Waals surface area contributed by atoms with Gasteiger partial charge in [0.25, 0.3) is 0 Å². The molecule has 0 aliphatic heterocycles. The maximum Gasteiger partial charge on any atom is 0.327 e. The molecule has 634 valence electrons. The molecule has 0 aliphatic carbocycles. The zero-order chi connectivity index (χ0) is 84.8. The van der Waals surface area contributed by atoms with Crippen LogP contribution < -0.4 is 92.1 Å². The number of thiol groups is 2. The molecular weight excluding hydrogens is 1550 g/mol. The van der Waals surface area contributed by atoms with Crippen LogP contribution in [-0.2, 0) is 97.6 Å². The number of carbonyl (C=O) groups is 15. The van der Waals surface area contributed by atoms with Gasteiger partial charge >= 0.3 is 5.97 Å². The number of nitrogens with one attached hydrogen (secondary N) is 14. The molecule has 37 nitrogen and oxygen atoms in total. The van der Waals surface area contributed by atoms with Crippen molar-refractivity contribution < 1.29 is 92.3 Å². The molecule has 0 saturated carbocycles. The van der Waals surface area contributed by atoms with Crippen LogP contribution >= 0.6 is 25.3 Å². The van der Waals surface area contributed by atoms with E-state index in [1.54, 1.807) is 121 Å². The second-order valence-electron chi connectivity index (χ2n) is 27.4. The molecule has 14 amide bonds. The highest BCUT2D eigenvalue weighted by molar-refractivity contribution is 7.80. The van der Waals surface area contributed by atoms with E-state index >= 15 is 14.4 Å². The summed E-state index contributed by atoms with van der Waals surface area (Å²) in [6.07, 6.45) is -2.99. The fraction of sp³-hybridized carbons (Fsp3) is 0.468. The number of H-pyrrole nitrogens is 1. The smallest absolute Gasteiger partial charge is 0.327 e. The summed E-state index contributed by atoms with van der Waals surface area (Å²) >= 11 is 8.09. The number of aromatic amines is 1. The van der Waals surface area contributed by atoms with E-state index in [9.17, 15) is 78.0 Å². The van der Waals surface area contributed by atoms with E-state index in [-0.39, 0.29) is 83.4 Å². The molecule has 0 radical (unpaired) electrons. The molecule has 5 aromatic rings. The number of fused-ring (bicyclic) bond motifs is 1. The van der Waals surface area contributed by atoms with E-state index in [2.05, 4.69) is 99.4 Å². The molecule has 1 aromatic heterocycles. The molecule has 0 saturated heterocycles. The van der Waals surface area contributed by atoms with E-state index in [0.29, 0.717) is 46.0 Å². The van der Waals surface area contributed by atoms with E-state index in [1.165, 1.54) is 6.92 Å². The van der Waals surface area contributed by atoms with Gasteiger partial charge in [0.05, 0.1) is 37.8 Å². The molecular formula is C77H110N18O19S2. The number of carboxylic acid groups (broad SMARTS) is 1. The molecule has 1 heterocycles. The van der Waals surface area contributed by atoms with Crippen molar-refractivity contribution in [2.24, 2.45) is 22.9 Å². The van der Waals surface area contributed by atoms with Crippen molar-refractivity contribution in [1.82, 2.24) is 74.1 Å². The van der Waals surface area contributed by atoms with Crippen molar-refractivity contribution >= 4 is 125 Å². The first kappa shape index (κ1) is 97.3. The summed E-state index contributed by atoms with van der Waals surface area (Å²) in [5.74, 6) is -16.3. The average molecular weight is 1660 g/mol. The maximum absolute atomic E-state index is 15.4. The topological polar surface area (TPSA) is 613 Å². The van der Waals surface area contributed by atoms with Gasteiger partial charge in [0.15, 0.2) is 0 Å². The number of hydrogen-bond donors (Lipinski definition) is 24. The third-order valence-electron chi connectivity index (χ3n) is 18.1. The third kappa shape index (κ3) is 32.3. The molecule has 0 aliphatic rings. The quantitative estimate of drug-likeness (QED) is 0.0128. The molecule has 0 spiro atoms. The van der Waals surface area contributed by atoms with Crippen LogP contribution in [0.25, 0.3) is 10.9 Å². The Kier molecular flexibility index (Phi) is 42.2. The molecule has 15 unspecified atom stereocenters. The normalized spacial score (nSPS) is 14.9. The molecule has 4 aromatic carbocycles. The van der Waals surface area contributed by atoms with E-state index in [1.807, 2.05) is 0 Å². The van der Waals surface area contributed by atoms with Gasteiger partial charge in [0.1, 0.15) is 72.5 Å². The van der Waals surface area contributed by atoms with Crippen molar-refractivity contribution in [3.05, 3.63) is 144 Å². The lowest BCUT2D eigenvalue weighted by atomic mass is 10.00. The Hall–Kier alpha value is -11.1. The summed E-state index contributed by atoms with van der Waals surface area (Å²) < 4.78 is 0. The van der Waals surface area contributed by atoms with E-state index in [0.717, 1.165) is 13.8 Å². The van der Waals surface area contributed by atoms with Gasteiger partial charge in [-0.2, -0.15) is 25.3 Å². The fourth-order valence-corrected chi connectivity index (χ4v) is 12.2. The van der Waals surface area contributed by atoms with Crippen LogP contribution in [0.5, 0.6) is 0 Å². The van der Waals surface area contributed by atoms with Crippen LogP contribution in [0, 0.1) is 0 Å². The number of benzene rings is 4. The number of carboxylic acids is 1. The SMILES string of the molecule is C.CC(N)C(=O)NCC(=O)NC(CS)C(=O)NC(CCCCN)C(=O)NC(CC(N)=O)C(=O)NC(Cc1ccccc1)C(=O)NC(Cc1ccccc1)C(=O)NC(Cc1c[nH]c2ccccc12)C(=O)NC(CCCCN)C(=O)NC(C(=O)NC(Cc1ccccc1)C(=O)NC(C(=O)NC(CO)C(=O)NC(CS)C(=O)O)C(C)O)C(C)O. The number of amides is 14.